The van der Waals surface area contributed by atoms with Crippen molar-refractivity contribution in [3.8, 4) is 5.75 Å². The molecule has 1 aromatic heterocycles. The lowest BCUT2D eigenvalue weighted by Gasteiger charge is -2.12. The Kier molecular flexibility index (Phi) is 5.41. The molecule has 7 nitrogen and oxygen atoms in total. The van der Waals surface area contributed by atoms with Crippen LogP contribution in [0.4, 0.5) is 4.39 Å². The van der Waals surface area contributed by atoms with Crippen LogP contribution in [0.1, 0.15) is 32.1 Å². The van der Waals surface area contributed by atoms with Crippen LogP contribution in [0, 0.1) is 19.7 Å². The lowest BCUT2D eigenvalue weighted by Crippen LogP contribution is -2.42. The summed E-state index contributed by atoms with van der Waals surface area (Å²) in [7, 11) is 1.39. The number of carbonyl (C=O) groups is 2. The zero-order chi connectivity index (χ0) is 20.4. The molecule has 0 aliphatic carbocycles. The third kappa shape index (κ3) is 3.86. The number of aromatic nitrogens is 2. The fourth-order valence-corrected chi connectivity index (χ4v) is 2.73. The number of ether oxygens (including phenoxy) is 1. The lowest BCUT2D eigenvalue weighted by molar-refractivity contribution is 0.0845. The molecule has 144 valence electrons. The number of carbonyl (C=O) groups excluding carboxylic acids is 2. The first kappa shape index (κ1) is 19.5. The van der Waals surface area contributed by atoms with Gasteiger partial charge < -0.3 is 4.74 Å². The summed E-state index contributed by atoms with van der Waals surface area (Å²) in [5, 5.41) is 0.396. The van der Waals surface area contributed by atoms with Crippen LogP contribution in [-0.2, 0) is 0 Å². The smallest absolute Gasteiger partial charge is 0.273 e. The number of halogens is 2. The number of rotatable bonds is 3. The minimum Gasteiger partial charge on any atom is -0.496 e. The van der Waals surface area contributed by atoms with E-state index in [1.165, 1.54) is 31.4 Å². The van der Waals surface area contributed by atoms with E-state index < -0.39 is 17.6 Å². The van der Waals surface area contributed by atoms with Gasteiger partial charge in [0.25, 0.3) is 11.8 Å². The molecule has 3 rings (SSSR count). The summed E-state index contributed by atoms with van der Waals surface area (Å²) >= 11 is 5.87. The summed E-state index contributed by atoms with van der Waals surface area (Å²) in [6.07, 6.45) is 0. The van der Waals surface area contributed by atoms with Gasteiger partial charge in [-0.3, -0.25) is 20.4 Å². The molecule has 0 radical (unpaired) electrons. The van der Waals surface area contributed by atoms with E-state index in [4.69, 9.17) is 16.3 Å². The number of fused-ring (bicyclic) bond motifs is 1. The van der Waals surface area contributed by atoms with E-state index in [9.17, 15) is 14.0 Å². The van der Waals surface area contributed by atoms with Gasteiger partial charge in [-0.1, -0.05) is 11.6 Å². The number of hydrogen-bond donors (Lipinski definition) is 2. The molecule has 0 saturated heterocycles. The van der Waals surface area contributed by atoms with E-state index in [1.54, 1.807) is 13.8 Å². The molecule has 0 aliphatic rings. The quantitative estimate of drug-likeness (QED) is 0.656. The second kappa shape index (κ2) is 7.77. The number of benzene rings is 2. The Bertz CT molecular complexity index is 1100. The third-order valence-corrected chi connectivity index (χ3v) is 4.32. The molecule has 28 heavy (non-hydrogen) atoms. The van der Waals surface area contributed by atoms with Crippen LogP contribution in [0.3, 0.4) is 0 Å². The molecule has 9 heteroatoms. The van der Waals surface area contributed by atoms with Gasteiger partial charge >= 0.3 is 0 Å². The number of amides is 2. The van der Waals surface area contributed by atoms with Crippen LogP contribution in [0.2, 0.25) is 5.02 Å². The lowest BCUT2D eigenvalue weighted by atomic mass is 10.1. The predicted molar refractivity (Wildman–Crippen MR) is 102 cm³/mol. The molecular weight excluding hydrogens is 387 g/mol. The van der Waals surface area contributed by atoms with Gasteiger partial charge in [-0.05, 0) is 38.1 Å². The summed E-state index contributed by atoms with van der Waals surface area (Å²) in [5.41, 5.74) is 6.38. The van der Waals surface area contributed by atoms with Crippen molar-refractivity contribution in [2.45, 2.75) is 13.8 Å². The van der Waals surface area contributed by atoms with E-state index >= 15 is 0 Å². The van der Waals surface area contributed by atoms with Crippen LogP contribution >= 0.6 is 11.6 Å². The predicted octanol–water partition coefficient (Wildman–Crippen LogP) is 3.12. The number of hydrogen-bond acceptors (Lipinski definition) is 5. The molecule has 2 amide bonds. The summed E-state index contributed by atoms with van der Waals surface area (Å²) in [6.45, 7) is 3.48. The first-order valence-corrected chi connectivity index (χ1v) is 8.56. The Balaban J connectivity index is 1.86. The molecular formula is C19H16ClFN4O3. The van der Waals surface area contributed by atoms with Crippen molar-refractivity contribution in [1.82, 2.24) is 20.8 Å². The van der Waals surface area contributed by atoms with Crippen LogP contribution in [-0.4, -0.2) is 28.9 Å². The van der Waals surface area contributed by atoms with Gasteiger partial charge in [-0.25, -0.2) is 14.4 Å². The Morgan fingerprint density at radius 3 is 2.32 bits per heavy atom. The number of nitrogens with one attached hydrogen (secondary N) is 2. The largest absolute Gasteiger partial charge is 0.496 e. The Morgan fingerprint density at radius 2 is 1.64 bits per heavy atom. The third-order valence-electron chi connectivity index (χ3n) is 4.09. The second-order valence-corrected chi connectivity index (χ2v) is 6.40. The molecule has 0 saturated carbocycles. The van der Waals surface area contributed by atoms with Gasteiger partial charge in [0.2, 0.25) is 0 Å². The molecule has 1 heterocycles. The van der Waals surface area contributed by atoms with E-state index in [-0.39, 0.29) is 27.9 Å². The summed E-state index contributed by atoms with van der Waals surface area (Å²) in [5.74, 6) is -1.75. The normalized spacial score (nSPS) is 10.6. The maximum Gasteiger partial charge on any atom is 0.273 e. The Morgan fingerprint density at radius 1 is 1.00 bits per heavy atom. The Hall–Kier alpha value is -3.26. The Labute approximate surface area is 164 Å². The number of nitrogens with zero attached hydrogens (tertiary/aromatic N) is 2. The number of aryl methyl sites for hydroxylation is 2. The van der Waals surface area contributed by atoms with Gasteiger partial charge in [-0.2, -0.15) is 0 Å². The molecule has 3 aromatic rings. The van der Waals surface area contributed by atoms with Crippen molar-refractivity contribution in [2.24, 2.45) is 0 Å². The highest BCUT2D eigenvalue weighted by Gasteiger charge is 2.18. The monoisotopic (exact) mass is 402 g/mol. The van der Waals surface area contributed by atoms with Gasteiger partial charge in [0, 0.05) is 11.1 Å². The molecule has 0 spiro atoms. The van der Waals surface area contributed by atoms with Crippen molar-refractivity contribution >= 4 is 34.4 Å². The van der Waals surface area contributed by atoms with Gasteiger partial charge in [0.15, 0.2) is 0 Å². The van der Waals surface area contributed by atoms with E-state index in [0.29, 0.717) is 16.4 Å². The van der Waals surface area contributed by atoms with Crippen molar-refractivity contribution in [2.75, 3.05) is 7.11 Å². The molecule has 0 unspecified atom stereocenters. The molecule has 0 fully saturated rings. The average Bonchev–Trinajstić information content (AvgIpc) is 2.66. The average molecular weight is 403 g/mol. The zero-order valence-electron chi connectivity index (χ0n) is 15.3. The van der Waals surface area contributed by atoms with Crippen LogP contribution in [0.15, 0.2) is 30.3 Å². The number of methoxy groups -OCH3 is 1. The molecule has 0 bridgehead atoms. The van der Waals surface area contributed by atoms with Crippen molar-refractivity contribution in [3.63, 3.8) is 0 Å². The SMILES string of the molecule is COc1cc(Cl)ccc1C(=O)NNC(=O)c1cc(F)cc2nc(C)c(C)nc12. The summed E-state index contributed by atoms with van der Waals surface area (Å²) < 4.78 is 19.0. The van der Waals surface area contributed by atoms with E-state index in [1.807, 2.05) is 0 Å². The highest BCUT2D eigenvalue weighted by molar-refractivity contribution is 6.30. The van der Waals surface area contributed by atoms with Crippen molar-refractivity contribution < 1.29 is 18.7 Å². The summed E-state index contributed by atoms with van der Waals surface area (Å²) in [4.78, 5) is 33.5. The first-order chi connectivity index (χ1) is 13.3. The van der Waals surface area contributed by atoms with Crippen LogP contribution in [0.25, 0.3) is 11.0 Å². The minimum absolute atomic E-state index is 0.0472. The van der Waals surface area contributed by atoms with Crippen LogP contribution in [0.5, 0.6) is 5.75 Å². The standard InChI is InChI=1S/C19H16ClFN4O3/c1-9-10(2)23-17-14(7-12(21)8-15(17)22-9)19(27)25-24-18(26)13-5-4-11(20)6-16(13)28-3/h4-8H,1-3H3,(H,24,26)(H,25,27). The van der Waals surface area contributed by atoms with Gasteiger partial charge in [-0.15, -0.1) is 0 Å². The van der Waals surface area contributed by atoms with Crippen molar-refractivity contribution in [1.29, 1.82) is 0 Å². The van der Waals surface area contributed by atoms with Crippen molar-refractivity contribution in [3.05, 3.63) is 63.7 Å². The van der Waals surface area contributed by atoms with Gasteiger partial charge in [0.05, 0.1) is 35.1 Å². The topological polar surface area (TPSA) is 93.2 Å². The first-order valence-electron chi connectivity index (χ1n) is 8.19. The second-order valence-electron chi connectivity index (χ2n) is 5.97. The fourth-order valence-electron chi connectivity index (χ4n) is 2.57. The molecule has 2 N–H and O–H groups in total. The zero-order valence-corrected chi connectivity index (χ0v) is 16.0. The number of hydrazine groups is 1. The molecule has 2 aromatic carbocycles. The molecule has 0 aliphatic heterocycles. The maximum absolute atomic E-state index is 13.9. The van der Waals surface area contributed by atoms with Crippen LogP contribution < -0.4 is 15.6 Å². The molecule has 0 atom stereocenters. The fraction of sp³-hybridized carbons (Fsp3) is 0.158. The van der Waals surface area contributed by atoms with E-state index in [2.05, 4.69) is 20.8 Å². The van der Waals surface area contributed by atoms with Gasteiger partial charge in [0.1, 0.15) is 17.1 Å². The maximum atomic E-state index is 13.9. The highest BCUT2D eigenvalue weighted by atomic mass is 35.5. The van der Waals surface area contributed by atoms with E-state index in [0.717, 1.165) is 6.07 Å². The summed E-state index contributed by atoms with van der Waals surface area (Å²) in [6, 6.07) is 6.68. The minimum atomic E-state index is -0.733. The highest BCUT2D eigenvalue weighted by Crippen LogP contribution is 2.23.